The fourth-order valence-electron chi connectivity index (χ4n) is 3.31. The van der Waals surface area contributed by atoms with Crippen molar-refractivity contribution in [1.29, 1.82) is 0 Å². The van der Waals surface area contributed by atoms with E-state index in [-0.39, 0.29) is 24.2 Å². The molecule has 116 valence electrons. The average Bonchev–Trinajstić information content (AvgIpc) is 2.38. The van der Waals surface area contributed by atoms with Crippen LogP contribution in [0.25, 0.3) is 0 Å². The standard InChI is InChI=1S/C15H29N3O2/c1-11-8-18(9-12(2)20-11)15(19)10-17-6-4-14(5-7-17)13(3)16/h11-14H,4-10,16H2,1-3H3. The Kier molecular flexibility index (Phi) is 5.41. The molecule has 5 heteroatoms. The SMILES string of the molecule is CC1CN(C(=O)CN2CCC(C(C)N)CC2)CC(C)O1. The van der Waals surface area contributed by atoms with Gasteiger partial charge in [0.05, 0.1) is 18.8 Å². The molecule has 2 heterocycles. The van der Waals surface area contributed by atoms with E-state index in [1.807, 2.05) is 18.7 Å². The number of morpholine rings is 1. The van der Waals surface area contributed by atoms with E-state index in [1.165, 1.54) is 0 Å². The minimum absolute atomic E-state index is 0.145. The zero-order valence-electron chi connectivity index (χ0n) is 13.0. The number of piperidine rings is 1. The van der Waals surface area contributed by atoms with Crippen LogP contribution >= 0.6 is 0 Å². The molecule has 1 amide bonds. The van der Waals surface area contributed by atoms with Crippen LogP contribution in [0.5, 0.6) is 0 Å². The van der Waals surface area contributed by atoms with E-state index < -0.39 is 0 Å². The molecule has 0 saturated carbocycles. The largest absolute Gasteiger partial charge is 0.372 e. The molecule has 3 unspecified atom stereocenters. The van der Waals surface area contributed by atoms with Crippen LogP contribution in [0.2, 0.25) is 0 Å². The van der Waals surface area contributed by atoms with Gasteiger partial charge in [-0.05, 0) is 52.6 Å². The molecule has 2 rings (SSSR count). The Morgan fingerprint density at radius 3 is 2.30 bits per heavy atom. The summed E-state index contributed by atoms with van der Waals surface area (Å²) in [6, 6.07) is 0.272. The summed E-state index contributed by atoms with van der Waals surface area (Å²) in [4.78, 5) is 16.6. The molecule has 3 atom stereocenters. The van der Waals surface area contributed by atoms with Gasteiger partial charge in [-0.15, -0.1) is 0 Å². The van der Waals surface area contributed by atoms with Crippen LogP contribution in [0, 0.1) is 5.92 Å². The van der Waals surface area contributed by atoms with E-state index >= 15 is 0 Å². The zero-order chi connectivity index (χ0) is 14.7. The summed E-state index contributed by atoms with van der Waals surface area (Å²) in [5.41, 5.74) is 5.95. The number of carbonyl (C=O) groups excluding carboxylic acids is 1. The Hall–Kier alpha value is -0.650. The highest BCUT2D eigenvalue weighted by Crippen LogP contribution is 2.19. The summed E-state index contributed by atoms with van der Waals surface area (Å²) in [6.07, 6.45) is 2.51. The van der Waals surface area contributed by atoms with E-state index in [1.54, 1.807) is 0 Å². The van der Waals surface area contributed by atoms with Crippen LogP contribution in [-0.4, -0.2) is 66.7 Å². The molecule has 20 heavy (non-hydrogen) atoms. The molecule has 2 fully saturated rings. The van der Waals surface area contributed by atoms with Crippen molar-refractivity contribution >= 4 is 5.91 Å². The third-order valence-corrected chi connectivity index (χ3v) is 4.51. The molecule has 2 aliphatic rings. The van der Waals surface area contributed by atoms with Crippen molar-refractivity contribution in [2.24, 2.45) is 11.7 Å². The van der Waals surface area contributed by atoms with Crippen LogP contribution in [0.1, 0.15) is 33.6 Å². The molecule has 0 radical (unpaired) electrons. The van der Waals surface area contributed by atoms with Crippen LogP contribution in [-0.2, 0) is 9.53 Å². The Bertz CT molecular complexity index is 317. The second-order valence-corrected chi connectivity index (χ2v) is 6.53. The predicted molar refractivity (Wildman–Crippen MR) is 79.4 cm³/mol. The summed E-state index contributed by atoms with van der Waals surface area (Å²) >= 11 is 0. The zero-order valence-corrected chi connectivity index (χ0v) is 13.0. The summed E-state index contributed by atoms with van der Waals surface area (Å²) < 4.78 is 5.68. The fourth-order valence-corrected chi connectivity index (χ4v) is 3.31. The number of hydrogen-bond donors (Lipinski definition) is 1. The lowest BCUT2D eigenvalue weighted by molar-refractivity contribution is -0.144. The van der Waals surface area contributed by atoms with Crippen molar-refractivity contribution in [1.82, 2.24) is 9.80 Å². The molecule has 0 spiro atoms. The Balaban J connectivity index is 1.77. The van der Waals surface area contributed by atoms with Gasteiger partial charge in [-0.3, -0.25) is 9.69 Å². The van der Waals surface area contributed by atoms with Crippen LogP contribution in [0.3, 0.4) is 0 Å². The molecular weight excluding hydrogens is 254 g/mol. The third kappa shape index (κ3) is 4.17. The first-order chi connectivity index (χ1) is 9.45. The van der Waals surface area contributed by atoms with Crippen molar-refractivity contribution in [2.75, 3.05) is 32.7 Å². The van der Waals surface area contributed by atoms with Crippen molar-refractivity contribution in [3.63, 3.8) is 0 Å². The number of carbonyl (C=O) groups is 1. The smallest absolute Gasteiger partial charge is 0.236 e. The van der Waals surface area contributed by atoms with Crippen molar-refractivity contribution in [2.45, 2.75) is 51.9 Å². The first kappa shape index (κ1) is 15.7. The van der Waals surface area contributed by atoms with Gasteiger partial charge in [-0.2, -0.15) is 0 Å². The average molecular weight is 283 g/mol. The first-order valence-corrected chi connectivity index (χ1v) is 7.87. The minimum atomic E-state index is 0.145. The van der Waals surface area contributed by atoms with E-state index in [0.29, 0.717) is 12.5 Å². The lowest BCUT2D eigenvalue weighted by Crippen LogP contribution is -2.52. The van der Waals surface area contributed by atoms with E-state index in [9.17, 15) is 4.79 Å². The highest BCUT2D eigenvalue weighted by atomic mass is 16.5. The van der Waals surface area contributed by atoms with Gasteiger partial charge < -0.3 is 15.4 Å². The second kappa shape index (κ2) is 6.87. The van der Waals surface area contributed by atoms with Crippen molar-refractivity contribution in [3.05, 3.63) is 0 Å². The summed E-state index contributed by atoms with van der Waals surface area (Å²) in [7, 11) is 0. The van der Waals surface area contributed by atoms with Gasteiger partial charge in [0.15, 0.2) is 0 Å². The van der Waals surface area contributed by atoms with Gasteiger partial charge in [-0.25, -0.2) is 0 Å². The number of ether oxygens (including phenoxy) is 1. The summed E-state index contributed by atoms with van der Waals surface area (Å²) in [6.45, 7) is 10.1. The first-order valence-electron chi connectivity index (χ1n) is 7.87. The van der Waals surface area contributed by atoms with Gasteiger partial charge in [0, 0.05) is 19.1 Å². The van der Waals surface area contributed by atoms with Crippen LogP contribution in [0.4, 0.5) is 0 Å². The van der Waals surface area contributed by atoms with E-state index in [2.05, 4.69) is 11.8 Å². The number of nitrogens with two attached hydrogens (primary N) is 1. The van der Waals surface area contributed by atoms with Crippen LogP contribution < -0.4 is 5.73 Å². The monoisotopic (exact) mass is 283 g/mol. The molecule has 5 nitrogen and oxygen atoms in total. The molecule has 2 N–H and O–H groups in total. The van der Waals surface area contributed by atoms with Crippen molar-refractivity contribution in [3.8, 4) is 0 Å². The van der Waals surface area contributed by atoms with Gasteiger partial charge in [-0.1, -0.05) is 0 Å². The minimum Gasteiger partial charge on any atom is -0.372 e. The number of nitrogens with zero attached hydrogens (tertiary/aromatic N) is 2. The topological polar surface area (TPSA) is 58.8 Å². The van der Waals surface area contributed by atoms with Gasteiger partial charge >= 0.3 is 0 Å². The molecular formula is C15H29N3O2. The maximum absolute atomic E-state index is 12.4. The predicted octanol–water partition coefficient (Wildman–Crippen LogP) is 0.681. The molecule has 2 saturated heterocycles. The molecule has 0 aromatic heterocycles. The summed E-state index contributed by atoms with van der Waals surface area (Å²) in [5, 5.41) is 0. The number of amides is 1. The Morgan fingerprint density at radius 1 is 1.25 bits per heavy atom. The Labute approximate surface area is 122 Å². The molecule has 0 aromatic rings. The highest BCUT2D eigenvalue weighted by Gasteiger charge is 2.28. The number of likely N-dealkylation sites (tertiary alicyclic amines) is 1. The Morgan fingerprint density at radius 2 is 1.80 bits per heavy atom. The maximum Gasteiger partial charge on any atom is 0.236 e. The quantitative estimate of drug-likeness (QED) is 0.827. The van der Waals surface area contributed by atoms with Gasteiger partial charge in [0.25, 0.3) is 0 Å². The second-order valence-electron chi connectivity index (χ2n) is 6.53. The van der Waals surface area contributed by atoms with Gasteiger partial charge in [0.1, 0.15) is 0 Å². The molecule has 0 aliphatic carbocycles. The highest BCUT2D eigenvalue weighted by molar-refractivity contribution is 5.78. The van der Waals surface area contributed by atoms with Crippen LogP contribution in [0.15, 0.2) is 0 Å². The van der Waals surface area contributed by atoms with Crippen molar-refractivity contribution < 1.29 is 9.53 Å². The molecule has 2 aliphatic heterocycles. The molecule has 0 bridgehead atoms. The third-order valence-electron chi connectivity index (χ3n) is 4.51. The summed E-state index contributed by atoms with van der Waals surface area (Å²) in [5.74, 6) is 0.857. The lowest BCUT2D eigenvalue weighted by atomic mass is 9.91. The van der Waals surface area contributed by atoms with E-state index in [4.69, 9.17) is 10.5 Å². The number of hydrogen-bond acceptors (Lipinski definition) is 4. The number of rotatable bonds is 3. The molecule has 0 aromatic carbocycles. The maximum atomic E-state index is 12.4. The van der Waals surface area contributed by atoms with E-state index in [0.717, 1.165) is 39.0 Å². The lowest BCUT2D eigenvalue weighted by Gasteiger charge is -2.38. The normalized spacial score (nSPS) is 31.3. The fraction of sp³-hybridized carbons (Fsp3) is 0.933. The van der Waals surface area contributed by atoms with Gasteiger partial charge in [0.2, 0.25) is 5.91 Å².